The second kappa shape index (κ2) is 3.02. The van der Waals surface area contributed by atoms with Gasteiger partial charge in [-0.05, 0) is 35.2 Å². The number of aliphatic imine (C=N–C) groups is 1. The highest BCUT2D eigenvalue weighted by atomic mass is 32.1. The molecule has 0 atom stereocenters. The van der Waals surface area contributed by atoms with Gasteiger partial charge in [-0.3, -0.25) is 4.79 Å². The first kappa shape index (κ1) is 9.07. The summed E-state index contributed by atoms with van der Waals surface area (Å²) in [5, 5.41) is 2.03. The summed E-state index contributed by atoms with van der Waals surface area (Å²) >= 11 is 1.64. The average Bonchev–Trinajstić information content (AvgIpc) is 2.91. The van der Waals surface area contributed by atoms with Crippen molar-refractivity contribution in [3.8, 4) is 0 Å². The van der Waals surface area contributed by atoms with Crippen molar-refractivity contribution in [3.63, 3.8) is 0 Å². The minimum Gasteiger partial charge on any atom is -0.288 e. The van der Waals surface area contributed by atoms with Crippen LogP contribution in [0.15, 0.2) is 46.3 Å². The summed E-state index contributed by atoms with van der Waals surface area (Å²) in [6.45, 7) is 0. The fourth-order valence-electron chi connectivity index (χ4n) is 2.28. The van der Waals surface area contributed by atoms with Crippen LogP contribution in [0, 0.1) is 0 Å². The van der Waals surface area contributed by atoms with Crippen LogP contribution in [0.1, 0.15) is 20.8 Å². The summed E-state index contributed by atoms with van der Waals surface area (Å²) in [4.78, 5) is 18.0. The molecular formula is C14H7NOS. The predicted octanol–water partition coefficient (Wildman–Crippen LogP) is 3.46. The van der Waals surface area contributed by atoms with Gasteiger partial charge in [-0.1, -0.05) is 12.1 Å². The van der Waals surface area contributed by atoms with E-state index in [-0.39, 0.29) is 5.78 Å². The van der Waals surface area contributed by atoms with E-state index in [2.05, 4.69) is 4.99 Å². The monoisotopic (exact) mass is 237 g/mol. The molecule has 0 bridgehead atoms. The van der Waals surface area contributed by atoms with Crippen molar-refractivity contribution >= 4 is 34.6 Å². The first-order valence-corrected chi connectivity index (χ1v) is 6.25. The molecule has 0 radical (unpaired) electrons. The molecule has 1 aromatic carbocycles. The van der Waals surface area contributed by atoms with Gasteiger partial charge in [0.15, 0.2) is 5.78 Å². The number of rotatable bonds is 0. The average molecular weight is 237 g/mol. The summed E-state index contributed by atoms with van der Waals surface area (Å²) < 4.78 is 0. The first-order chi connectivity index (χ1) is 8.34. The molecule has 2 heterocycles. The zero-order valence-corrected chi connectivity index (χ0v) is 9.62. The number of fused-ring (bicyclic) bond motifs is 4. The first-order valence-electron chi connectivity index (χ1n) is 5.37. The maximum atomic E-state index is 12.3. The molecule has 2 aromatic rings. The Bertz CT molecular complexity index is 721. The van der Waals surface area contributed by atoms with Crippen LogP contribution in [-0.4, -0.2) is 11.5 Å². The third-order valence-electron chi connectivity index (χ3n) is 3.09. The lowest BCUT2D eigenvalue weighted by Crippen LogP contribution is -2.14. The Kier molecular flexibility index (Phi) is 1.61. The molecule has 0 fully saturated rings. The number of carbonyl (C=O) groups excluding carboxylic acids is 1. The molecule has 1 aliphatic heterocycles. The van der Waals surface area contributed by atoms with E-state index < -0.39 is 0 Å². The van der Waals surface area contributed by atoms with Gasteiger partial charge in [-0.15, -0.1) is 11.3 Å². The third kappa shape index (κ3) is 1.09. The molecule has 0 saturated heterocycles. The Labute approximate surface area is 102 Å². The summed E-state index contributed by atoms with van der Waals surface area (Å²) in [6.07, 6.45) is 1.95. The lowest BCUT2D eigenvalue weighted by atomic mass is 9.97. The number of carbonyl (C=O) groups is 1. The SMILES string of the molecule is O=C1C2=Cc3ccsc3C2=Nc2ccccc21. The highest BCUT2D eigenvalue weighted by Crippen LogP contribution is 2.38. The summed E-state index contributed by atoms with van der Waals surface area (Å²) in [5.74, 6) is 0.0917. The van der Waals surface area contributed by atoms with E-state index >= 15 is 0 Å². The van der Waals surface area contributed by atoms with Crippen LogP contribution in [0.4, 0.5) is 5.69 Å². The largest absolute Gasteiger partial charge is 0.288 e. The van der Waals surface area contributed by atoms with Gasteiger partial charge in [0.05, 0.1) is 21.8 Å². The van der Waals surface area contributed by atoms with E-state index in [9.17, 15) is 4.79 Å². The van der Waals surface area contributed by atoms with E-state index in [0.29, 0.717) is 5.56 Å². The molecule has 2 nitrogen and oxygen atoms in total. The topological polar surface area (TPSA) is 29.4 Å². The Morgan fingerprint density at radius 1 is 1.12 bits per heavy atom. The van der Waals surface area contributed by atoms with Gasteiger partial charge < -0.3 is 0 Å². The lowest BCUT2D eigenvalue weighted by molar-refractivity contribution is 0.104. The van der Waals surface area contributed by atoms with Crippen molar-refractivity contribution in [1.82, 2.24) is 0 Å². The van der Waals surface area contributed by atoms with Crippen LogP contribution in [0.2, 0.25) is 0 Å². The molecular weight excluding hydrogens is 230 g/mol. The third-order valence-corrected chi connectivity index (χ3v) is 4.03. The van der Waals surface area contributed by atoms with Crippen LogP contribution in [0.3, 0.4) is 0 Å². The number of para-hydroxylation sites is 1. The zero-order valence-electron chi connectivity index (χ0n) is 8.81. The van der Waals surface area contributed by atoms with E-state index in [4.69, 9.17) is 0 Å². The normalized spacial score (nSPS) is 15.9. The summed E-state index contributed by atoms with van der Waals surface area (Å²) in [6, 6.07) is 9.55. The van der Waals surface area contributed by atoms with Crippen LogP contribution < -0.4 is 0 Å². The molecule has 4 rings (SSSR count). The quantitative estimate of drug-likeness (QED) is 0.690. The van der Waals surface area contributed by atoms with E-state index in [1.807, 2.05) is 41.8 Å². The smallest absolute Gasteiger partial charge is 0.197 e. The number of nitrogens with zero attached hydrogens (tertiary/aromatic N) is 1. The molecule has 0 unspecified atom stereocenters. The number of hydrogen-bond donors (Lipinski definition) is 0. The molecule has 0 spiro atoms. The Morgan fingerprint density at radius 2 is 2.00 bits per heavy atom. The maximum absolute atomic E-state index is 12.3. The van der Waals surface area contributed by atoms with E-state index in [0.717, 1.165) is 27.4 Å². The van der Waals surface area contributed by atoms with Gasteiger partial charge in [0.2, 0.25) is 0 Å². The molecule has 0 amide bonds. The second-order valence-electron chi connectivity index (χ2n) is 4.07. The van der Waals surface area contributed by atoms with Crippen molar-refractivity contribution in [1.29, 1.82) is 0 Å². The van der Waals surface area contributed by atoms with Gasteiger partial charge in [0.25, 0.3) is 0 Å². The molecule has 17 heavy (non-hydrogen) atoms. The van der Waals surface area contributed by atoms with Crippen molar-refractivity contribution in [3.05, 3.63) is 57.3 Å². The molecule has 0 N–H and O–H groups in total. The Balaban J connectivity index is 2.06. The number of benzene rings is 1. The van der Waals surface area contributed by atoms with Gasteiger partial charge in [0, 0.05) is 5.56 Å². The zero-order chi connectivity index (χ0) is 11.4. The standard InChI is InChI=1S/C14H7NOS/c16-13-9-3-1-2-4-11(9)15-12-10(13)7-8-5-6-17-14(8)12/h1-7H. The van der Waals surface area contributed by atoms with Crippen LogP contribution in [-0.2, 0) is 0 Å². The second-order valence-corrected chi connectivity index (χ2v) is 4.99. The fraction of sp³-hybridized carbons (Fsp3) is 0. The molecule has 80 valence electrons. The van der Waals surface area contributed by atoms with Gasteiger partial charge in [-0.2, -0.15) is 0 Å². The van der Waals surface area contributed by atoms with Crippen molar-refractivity contribution < 1.29 is 4.79 Å². The van der Waals surface area contributed by atoms with Crippen LogP contribution in [0.5, 0.6) is 0 Å². The van der Waals surface area contributed by atoms with Gasteiger partial charge in [-0.25, -0.2) is 4.99 Å². The van der Waals surface area contributed by atoms with Crippen LogP contribution >= 0.6 is 11.3 Å². The minimum absolute atomic E-state index is 0.0917. The van der Waals surface area contributed by atoms with E-state index in [1.54, 1.807) is 11.3 Å². The van der Waals surface area contributed by atoms with Crippen molar-refractivity contribution in [2.24, 2.45) is 4.99 Å². The van der Waals surface area contributed by atoms with E-state index in [1.165, 1.54) is 0 Å². The number of thiophene rings is 1. The molecule has 1 aliphatic carbocycles. The van der Waals surface area contributed by atoms with Crippen LogP contribution in [0.25, 0.3) is 6.08 Å². The lowest BCUT2D eigenvalue weighted by Gasteiger charge is -2.13. The fourth-order valence-corrected chi connectivity index (χ4v) is 3.17. The molecule has 2 aliphatic rings. The number of Topliss-reactive ketones (excluding diaryl/α,β-unsaturated/α-hetero) is 1. The summed E-state index contributed by atoms with van der Waals surface area (Å²) in [5.41, 5.74) is 4.19. The molecule has 1 aromatic heterocycles. The predicted molar refractivity (Wildman–Crippen MR) is 69.3 cm³/mol. The van der Waals surface area contributed by atoms with Crippen molar-refractivity contribution in [2.75, 3.05) is 0 Å². The maximum Gasteiger partial charge on any atom is 0.197 e. The highest BCUT2D eigenvalue weighted by molar-refractivity contribution is 7.13. The Hall–Kier alpha value is -2.00. The molecule has 3 heteroatoms. The summed E-state index contributed by atoms with van der Waals surface area (Å²) in [7, 11) is 0. The van der Waals surface area contributed by atoms with Gasteiger partial charge >= 0.3 is 0 Å². The molecule has 0 saturated carbocycles. The number of hydrogen-bond acceptors (Lipinski definition) is 3. The minimum atomic E-state index is 0.0917. The highest BCUT2D eigenvalue weighted by Gasteiger charge is 2.31. The van der Waals surface area contributed by atoms with Gasteiger partial charge in [0.1, 0.15) is 0 Å². The van der Waals surface area contributed by atoms with Crippen molar-refractivity contribution in [2.45, 2.75) is 0 Å². The number of allylic oxidation sites excluding steroid dienone is 1. The number of ketones is 1. The Morgan fingerprint density at radius 3 is 2.94 bits per heavy atom.